The van der Waals surface area contributed by atoms with Crippen LogP contribution in [0.5, 0.6) is 0 Å². The maximum Gasteiger partial charge on any atom is 0.271 e. The lowest BCUT2D eigenvalue weighted by molar-refractivity contribution is 0.0383. The van der Waals surface area contributed by atoms with Gasteiger partial charge in [-0.2, -0.15) is 0 Å². The van der Waals surface area contributed by atoms with E-state index in [1.54, 1.807) is 12.1 Å². The fourth-order valence-electron chi connectivity index (χ4n) is 2.82. The van der Waals surface area contributed by atoms with Crippen LogP contribution in [0.4, 0.5) is 5.82 Å². The van der Waals surface area contributed by atoms with Crippen LogP contribution in [0.15, 0.2) is 42.5 Å². The molecule has 0 spiro atoms. The largest absolute Gasteiger partial charge is 0.379 e. The van der Waals surface area contributed by atoms with Crippen molar-refractivity contribution in [3.63, 3.8) is 0 Å². The molecule has 7 heteroatoms. The van der Waals surface area contributed by atoms with E-state index in [2.05, 4.69) is 44.8 Å². The number of nitrogens with one attached hydrogen (secondary N) is 2. The zero-order valence-corrected chi connectivity index (χ0v) is 15.0. The predicted molar refractivity (Wildman–Crippen MR) is 100 cm³/mol. The molecule has 3 rings (SSSR count). The molecule has 1 amide bonds. The van der Waals surface area contributed by atoms with E-state index in [9.17, 15) is 4.79 Å². The summed E-state index contributed by atoms with van der Waals surface area (Å²) in [6.07, 6.45) is 0. The van der Waals surface area contributed by atoms with E-state index < -0.39 is 0 Å². The lowest BCUT2D eigenvalue weighted by atomic mass is 10.1. The first-order chi connectivity index (χ1) is 12.7. The molecular weight excluding hydrogens is 330 g/mol. The highest BCUT2D eigenvalue weighted by Crippen LogP contribution is 2.16. The molecule has 0 aliphatic carbocycles. The number of hydrogen-bond acceptors (Lipinski definition) is 6. The minimum atomic E-state index is -0.201. The number of hydrogen-bond donors (Lipinski definition) is 2. The Balaban J connectivity index is 1.46. The smallest absolute Gasteiger partial charge is 0.271 e. The minimum absolute atomic E-state index is 0.110. The second-order valence-corrected chi connectivity index (χ2v) is 6.29. The van der Waals surface area contributed by atoms with Crippen molar-refractivity contribution < 1.29 is 9.53 Å². The van der Waals surface area contributed by atoms with Crippen LogP contribution < -0.4 is 10.6 Å². The predicted octanol–water partition coefficient (Wildman–Crippen LogP) is 1.71. The van der Waals surface area contributed by atoms with Crippen LogP contribution in [0, 0.1) is 0 Å². The van der Waals surface area contributed by atoms with Gasteiger partial charge >= 0.3 is 0 Å². The van der Waals surface area contributed by atoms with Gasteiger partial charge < -0.3 is 15.4 Å². The van der Waals surface area contributed by atoms with Gasteiger partial charge in [0.15, 0.2) is 5.69 Å². The van der Waals surface area contributed by atoms with Gasteiger partial charge in [-0.1, -0.05) is 30.3 Å². The van der Waals surface area contributed by atoms with Crippen molar-refractivity contribution >= 4 is 11.7 Å². The first kappa shape index (κ1) is 18.3. The van der Waals surface area contributed by atoms with Gasteiger partial charge in [0.2, 0.25) is 0 Å². The van der Waals surface area contributed by atoms with Crippen LogP contribution in [0.2, 0.25) is 0 Å². The van der Waals surface area contributed by atoms with E-state index in [-0.39, 0.29) is 11.9 Å². The summed E-state index contributed by atoms with van der Waals surface area (Å²) < 4.78 is 5.31. The molecular formula is C19H25N5O2. The first-order valence-corrected chi connectivity index (χ1v) is 8.96. The molecule has 2 N–H and O–H groups in total. The number of ether oxygens (including phenoxy) is 1. The Hall–Kier alpha value is -2.51. The Morgan fingerprint density at radius 1 is 1.15 bits per heavy atom. The molecule has 1 atom stereocenters. The Morgan fingerprint density at radius 3 is 2.62 bits per heavy atom. The number of morpholine rings is 1. The summed E-state index contributed by atoms with van der Waals surface area (Å²) in [6.45, 7) is 6.81. The topological polar surface area (TPSA) is 79.4 Å². The van der Waals surface area contributed by atoms with Gasteiger partial charge in [-0.3, -0.25) is 9.69 Å². The average Bonchev–Trinajstić information content (AvgIpc) is 2.70. The van der Waals surface area contributed by atoms with Crippen molar-refractivity contribution in [1.29, 1.82) is 0 Å². The van der Waals surface area contributed by atoms with E-state index in [1.807, 2.05) is 18.2 Å². The number of anilines is 1. The molecule has 0 saturated carbocycles. The van der Waals surface area contributed by atoms with Crippen molar-refractivity contribution in [2.45, 2.75) is 13.0 Å². The highest BCUT2D eigenvalue weighted by atomic mass is 16.5. The van der Waals surface area contributed by atoms with Crippen LogP contribution in [-0.2, 0) is 4.74 Å². The van der Waals surface area contributed by atoms with Crippen LogP contribution >= 0.6 is 0 Å². The molecule has 1 unspecified atom stereocenters. The van der Waals surface area contributed by atoms with Gasteiger partial charge in [0.05, 0.1) is 13.2 Å². The molecule has 1 fully saturated rings. The summed E-state index contributed by atoms with van der Waals surface area (Å²) in [5, 5.41) is 14.3. The van der Waals surface area contributed by atoms with Gasteiger partial charge in [-0.05, 0) is 24.6 Å². The fourth-order valence-corrected chi connectivity index (χ4v) is 2.82. The summed E-state index contributed by atoms with van der Waals surface area (Å²) in [7, 11) is 0. The minimum Gasteiger partial charge on any atom is -0.379 e. The second kappa shape index (κ2) is 9.26. The number of carbonyl (C=O) groups is 1. The Bertz CT molecular complexity index is 687. The summed E-state index contributed by atoms with van der Waals surface area (Å²) in [4.78, 5) is 14.4. The van der Waals surface area contributed by atoms with Gasteiger partial charge in [-0.15, -0.1) is 10.2 Å². The summed E-state index contributed by atoms with van der Waals surface area (Å²) in [6, 6.07) is 13.7. The standard InChI is InChI=1S/C19H25N5O2/c1-15(16-5-3-2-4-6-16)21-18-8-7-17(22-23-18)19(25)20-9-10-24-11-13-26-14-12-24/h2-8,15H,9-14H2,1H3,(H,20,25)(H,21,23). The lowest BCUT2D eigenvalue weighted by Crippen LogP contribution is -2.41. The molecule has 1 aromatic carbocycles. The molecule has 7 nitrogen and oxygen atoms in total. The quantitative estimate of drug-likeness (QED) is 0.787. The molecule has 26 heavy (non-hydrogen) atoms. The van der Waals surface area contributed by atoms with Gasteiger partial charge in [0, 0.05) is 32.2 Å². The second-order valence-electron chi connectivity index (χ2n) is 6.29. The molecule has 0 bridgehead atoms. The maximum absolute atomic E-state index is 12.2. The lowest BCUT2D eigenvalue weighted by Gasteiger charge is -2.26. The Labute approximate surface area is 153 Å². The van der Waals surface area contributed by atoms with E-state index in [0.717, 1.165) is 32.8 Å². The SMILES string of the molecule is CC(Nc1ccc(C(=O)NCCN2CCOCC2)nn1)c1ccccc1. The van der Waals surface area contributed by atoms with Crippen molar-refractivity contribution in [2.24, 2.45) is 0 Å². The number of carbonyl (C=O) groups excluding carboxylic acids is 1. The number of rotatable bonds is 7. The van der Waals surface area contributed by atoms with Crippen LogP contribution in [0.1, 0.15) is 29.0 Å². The number of amides is 1. The van der Waals surface area contributed by atoms with Crippen molar-refractivity contribution in [2.75, 3.05) is 44.7 Å². The van der Waals surface area contributed by atoms with Crippen LogP contribution in [0.25, 0.3) is 0 Å². The molecule has 1 saturated heterocycles. The summed E-state index contributed by atoms with van der Waals surface area (Å²) in [5.74, 6) is 0.444. The highest BCUT2D eigenvalue weighted by molar-refractivity contribution is 5.92. The van der Waals surface area contributed by atoms with Gasteiger partial charge in [0.1, 0.15) is 5.82 Å². The number of nitrogens with zero attached hydrogens (tertiary/aromatic N) is 3. The maximum atomic E-state index is 12.2. The summed E-state index contributed by atoms with van der Waals surface area (Å²) in [5.41, 5.74) is 1.49. The zero-order valence-electron chi connectivity index (χ0n) is 15.0. The molecule has 1 aliphatic heterocycles. The molecule has 0 radical (unpaired) electrons. The Kier molecular flexibility index (Phi) is 6.51. The zero-order chi connectivity index (χ0) is 18.2. The third-order valence-corrected chi connectivity index (χ3v) is 4.38. The fraction of sp³-hybridized carbons (Fsp3) is 0.421. The normalized spacial score (nSPS) is 16.0. The van der Waals surface area contributed by atoms with Crippen molar-refractivity contribution in [3.05, 3.63) is 53.7 Å². The number of benzene rings is 1. The molecule has 1 aliphatic rings. The van der Waals surface area contributed by atoms with Crippen molar-refractivity contribution in [1.82, 2.24) is 20.4 Å². The molecule has 138 valence electrons. The average molecular weight is 355 g/mol. The van der Waals surface area contributed by atoms with Gasteiger partial charge in [-0.25, -0.2) is 0 Å². The number of aromatic nitrogens is 2. The van der Waals surface area contributed by atoms with E-state index in [4.69, 9.17) is 4.74 Å². The molecule has 1 aromatic heterocycles. The monoisotopic (exact) mass is 355 g/mol. The molecule has 2 heterocycles. The first-order valence-electron chi connectivity index (χ1n) is 8.96. The third-order valence-electron chi connectivity index (χ3n) is 4.38. The van der Waals surface area contributed by atoms with Crippen LogP contribution in [0.3, 0.4) is 0 Å². The molecule has 2 aromatic rings. The van der Waals surface area contributed by atoms with E-state index in [0.29, 0.717) is 18.1 Å². The third kappa shape index (κ3) is 5.24. The summed E-state index contributed by atoms with van der Waals surface area (Å²) >= 11 is 0. The van der Waals surface area contributed by atoms with E-state index in [1.165, 1.54) is 5.56 Å². The van der Waals surface area contributed by atoms with Crippen molar-refractivity contribution in [3.8, 4) is 0 Å². The van der Waals surface area contributed by atoms with Crippen LogP contribution in [-0.4, -0.2) is 60.4 Å². The van der Waals surface area contributed by atoms with E-state index >= 15 is 0 Å². The highest BCUT2D eigenvalue weighted by Gasteiger charge is 2.12. The Morgan fingerprint density at radius 2 is 1.92 bits per heavy atom. The van der Waals surface area contributed by atoms with Gasteiger partial charge in [0.25, 0.3) is 5.91 Å².